The zero-order valence-electron chi connectivity index (χ0n) is 15.2. The summed E-state index contributed by atoms with van der Waals surface area (Å²) in [5.41, 5.74) is -0.329. The second-order valence-electron chi connectivity index (χ2n) is 7.58. The average Bonchev–Trinajstić information content (AvgIpc) is 3.19. The minimum atomic E-state index is -0.967. The third-order valence-corrected chi connectivity index (χ3v) is 5.75. The van der Waals surface area contributed by atoms with Crippen LogP contribution >= 0.6 is 0 Å². The Hall–Kier alpha value is -3.12. The number of fused-ring (bicyclic) bond motifs is 1. The number of aromatic nitrogens is 2. The molecule has 9 heteroatoms. The molecule has 2 saturated heterocycles. The van der Waals surface area contributed by atoms with Crippen LogP contribution in [0.4, 0.5) is 8.78 Å². The van der Waals surface area contributed by atoms with Gasteiger partial charge in [-0.3, -0.25) is 4.79 Å². The number of carbonyl (C=O) groups excluding carboxylic acids is 1. The summed E-state index contributed by atoms with van der Waals surface area (Å²) in [6, 6.07) is 6.30. The van der Waals surface area contributed by atoms with E-state index in [1.165, 1.54) is 24.5 Å². The average molecular weight is 398 g/mol. The zero-order valence-corrected chi connectivity index (χ0v) is 15.2. The Labute approximate surface area is 164 Å². The van der Waals surface area contributed by atoms with Crippen molar-refractivity contribution in [3.8, 4) is 11.9 Å². The van der Waals surface area contributed by atoms with Crippen LogP contribution in [0.15, 0.2) is 30.6 Å². The summed E-state index contributed by atoms with van der Waals surface area (Å²) >= 11 is 0. The van der Waals surface area contributed by atoms with Gasteiger partial charge in [-0.25, -0.2) is 18.7 Å². The predicted octanol–water partition coefficient (Wildman–Crippen LogP) is 2.63. The Morgan fingerprint density at radius 2 is 1.93 bits per heavy atom. The van der Waals surface area contributed by atoms with Crippen LogP contribution < -0.4 is 4.74 Å². The molecule has 1 spiro atoms. The minimum absolute atomic E-state index is 0.171. The summed E-state index contributed by atoms with van der Waals surface area (Å²) in [4.78, 5) is 22.5. The topological polar surface area (TPSA) is 88.3 Å². The molecule has 29 heavy (non-hydrogen) atoms. The molecule has 2 aromatic rings. The van der Waals surface area contributed by atoms with Crippen LogP contribution in [0, 0.1) is 23.0 Å². The van der Waals surface area contributed by atoms with Gasteiger partial charge in [0.15, 0.2) is 5.60 Å². The molecular weight excluding hydrogens is 382 g/mol. The Morgan fingerprint density at radius 1 is 1.17 bits per heavy atom. The molecule has 1 aliphatic carbocycles. The number of hydrogen-bond acceptors (Lipinski definition) is 6. The van der Waals surface area contributed by atoms with Crippen molar-refractivity contribution in [2.24, 2.45) is 0 Å². The smallest absolute Gasteiger partial charge is 0.257 e. The van der Waals surface area contributed by atoms with E-state index in [0.717, 1.165) is 6.07 Å². The number of hydrogen-bond donors (Lipinski definition) is 0. The van der Waals surface area contributed by atoms with E-state index in [0.29, 0.717) is 31.2 Å². The maximum Gasteiger partial charge on any atom is 0.257 e. The van der Waals surface area contributed by atoms with Crippen LogP contribution in [-0.4, -0.2) is 38.7 Å². The van der Waals surface area contributed by atoms with Gasteiger partial charge in [-0.1, -0.05) is 0 Å². The number of amides is 1. The first-order chi connectivity index (χ1) is 14.0. The fraction of sp³-hybridized carbons (Fsp3) is 0.400. The lowest BCUT2D eigenvalue weighted by molar-refractivity contribution is -0.162. The molecule has 3 fully saturated rings. The minimum Gasteiger partial charge on any atom is -0.474 e. The third kappa shape index (κ3) is 2.91. The van der Waals surface area contributed by atoms with Crippen LogP contribution in [0.3, 0.4) is 0 Å². The summed E-state index contributed by atoms with van der Waals surface area (Å²) in [5, 5.41) is 8.90. The molecule has 1 amide bonds. The van der Waals surface area contributed by atoms with Crippen molar-refractivity contribution >= 4 is 5.91 Å². The van der Waals surface area contributed by atoms with Gasteiger partial charge in [0, 0.05) is 25.0 Å². The van der Waals surface area contributed by atoms with Gasteiger partial charge >= 0.3 is 0 Å². The van der Waals surface area contributed by atoms with Gasteiger partial charge in [0.25, 0.3) is 5.91 Å². The number of nitriles is 1. The lowest BCUT2D eigenvalue weighted by Crippen LogP contribution is -2.56. The number of benzene rings is 1. The molecule has 3 aliphatic rings. The molecule has 0 radical (unpaired) electrons. The van der Waals surface area contributed by atoms with E-state index in [1.807, 2.05) is 6.07 Å². The predicted molar refractivity (Wildman–Crippen MR) is 93.2 cm³/mol. The maximum absolute atomic E-state index is 13.6. The molecule has 3 heterocycles. The SMILES string of the molecule is N#Cc1cc(OC2CC3(C2)O[C@@H]2CC[C@@H](c4cc(F)cc(F)c4)N2C3=O)ncn1. The first-order valence-electron chi connectivity index (χ1n) is 9.33. The zero-order chi connectivity index (χ0) is 20.2. The van der Waals surface area contributed by atoms with E-state index < -0.39 is 29.5 Å². The normalized spacial score (nSPS) is 30.2. The highest BCUT2D eigenvalue weighted by atomic mass is 19.1. The molecule has 2 atom stereocenters. The van der Waals surface area contributed by atoms with Crippen LogP contribution in [0.5, 0.6) is 5.88 Å². The van der Waals surface area contributed by atoms with E-state index in [2.05, 4.69) is 9.97 Å². The molecule has 1 aromatic carbocycles. The number of nitrogens with zero attached hydrogens (tertiary/aromatic N) is 4. The fourth-order valence-electron chi connectivity index (χ4n) is 4.47. The van der Waals surface area contributed by atoms with Crippen LogP contribution in [0.25, 0.3) is 0 Å². The third-order valence-electron chi connectivity index (χ3n) is 5.75. The van der Waals surface area contributed by atoms with Gasteiger partial charge in [-0.15, -0.1) is 0 Å². The van der Waals surface area contributed by atoms with E-state index in [9.17, 15) is 13.6 Å². The van der Waals surface area contributed by atoms with Crippen LogP contribution in [0.2, 0.25) is 0 Å². The van der Waals surface area contributed by atoms with Crippen LogP contribution in [-0.2, 0) is 9.53 Å². The molecule has 2 aliphatic heterocycles. The number of rotatable bonds is 3. The first-order valence-corrected chi connectivity index (χ1v) is 9.33. The highest BCUT2D eigenvalue weighted by molar-refractivity contribution is 5.89. The summed E-state index contributed by atoms with van der Waals surface area (Å²) in [6.45, 7) is 0. The molecule has 148 valence electrons. The van der Waals surface area contributed by atoms with Crippen molar-refractivity contribution in [2.75, 3.05) is 0 Å². The Bertz CT molecular complexity index is 1010. The Balaban J connectivity index is 1.30. The molecule has 1 saturated carbocycles. The van der Waals surface area contributed by atoms with Crippen molar-refractivity contribution in [3.05, 3.63) is 53.5 Å². The molecule has 0 N–H and O–H groups in total. The number of ether oxygens (including phenoxy) is 2. The maximum atomic E-state index is 13.6. The van der Waals surface area contributed by atoms with Gasteiger partial charge in [-0.05, 0) is 30.5 Å². The van der Waals surface area contributed by atoms with E-state index in [-0.39, 0.29) is 23.6 Å². The molecule has 0 unspecified atom stereocenters. The lowest BCUT2D eigenvalue weighted by Gasteiger charge is -2.41. The van der Waals surface area contributed by atoms with E-state index >= 15 is 0 Å². The van der Waals surface area contributed by atoms with E-state index in [1.54, 1.807) is 4.90 Å². The van der Waals surface area contributed by atoms with E-state index in [4.69, 9.17) is 14.7 Å². The molecule has 7 nitrogen and oxygen atoms in total. The molecular formula is C20H16F2N4O3. The standard InChI is InChI=1S/C20H16F2N4O3/c21-12-3-11(4-13(22)5-12)16-1-2-18-26(16)19(27)20(29-18)7-15(8-20)28-17-6-14(9-23)24-10-25-17/h3-6,10,15-16,18H,1-2,7-8H2/t15?,16-,18+,20?/m0/s1. The van der Waals surface area contributed by atoms with Gasteiger partial charge in [-0.2, -0.15) is 5.26 Å². The Kier molecular flexibility index (Phi) is 3.99. The van der Waals surface area contributed by atoms with Crippen molar-refractivity contribution < 1.29 is 23.0 Å². The van der Waals surface area contributed by atoms with Crippen LogP contribution in [0.1, 0.15) is 43.0 Å². The number of halogens is 2. The summed E-state index contributed by atoms with van der Waals surface area (Å²) < 4.78 is 39.1. The van der Waals surface area contributed by atoms with Gasteiger partial charge in [0.1, 0.15) is 42.1 Å². The highest BCUT2D eigenvalue weighted by Gasteiger charge is 2.63. The monoisotopic (exact) mass is 398 g/mol. The fourth-order valence-corrected chi connectivity index (χ4v) is 4.47. The first kappa shape index (κ1) is 17.9. The summed E-state index contributed by atoms with van der Waals surface area (Å²) in [5.74, 6) is -1.22. The second kappa shape index (κ2) is 6.46. The van der Waals surface area contributed by atoms with Crippen molar-refractivity contribution in [1.82, 2.24) is 14.9 Å². The quantitative estimate of drug-likeness (QED) is 0.790. The Morgan fingerprint density at radius 3 is 2.66 bits per heavy atom. The van der Waals surface area contributed by atoms with Crippen molar-refractivity contribution in [3.63, 3.8) is 0 Å². The van der Waals surface area contributed by atoms with Gasteiger partial charge in [0.2, 0.25) is 5.88 Å². The molecule has 0 bridgehead atoms. The highest BCUT2D eigenvalue weighted by Crippen LogP contribution is 2.51. The van der Waals surface area contributed by atoms with Gasteiger partial charge in [0.05, 0.1) is 6.04 Å². The van der Waals surface area contributed by atoms with Crippen molar-refractivity contribution in [1.29, 1.82) is 5.26 Å². The second-order valence-corrected chi connectivity index (χ2v) is 7.58. The molecule has 1 aromatic heterocycles. The summed E-state index contributed by atoms with van der Waals surface area (Å²) in [7, 11) is 0. The largest absolute Gasteiger partial charge is 0.474 e. The number of carbonyl (C=O) groups is 1. The lowest BCUT2D eigenvalue weighted by atomic mass is 9.76. The summed E-state index contributed by atoms with van der Waals surface area (Å²) in [6.07, 6.45) is 2.49. The van der Waals surface area contributed by atoms with Gasteiger partial charge < -0.3 is 14.4 Å². The van der Waals surface area contributed by atoms with Crippen molar-refractivity contribution in [2.45, 2.75) is 49.7 Å². The molecule has 5 rings (SSSR count).